The van der Waals surface area contributed by atoms with Crippen LogP contribution in [-0.4, -0.2) is 48.7 Å². The van der Waals surface area contributed by atoms with Crippen LogP contribution in [0.5, 0.6) is 5.75 Å². The fourth-order valence-electron chi connectivity index (χ4n) is 4.79. The highest BCUT2D eigenvalue weighted by Crippen LogP contribution is 2.35. The van der Waals surface area contributed by atoms with Crippen LogP contribution in [0.2, 0.25) is 0 Å². The second-order valence-electron chi connectivity index (χ2n) is 8.76. The summed E-state index contributed by atoms with van der Waals surface area (Å²) in [6.07, 6.45) is 0.338. The molecule has 1 aliphatic rings. The summed E-state index contributed by atoms with van der Waals surface area (Å²) in [5, 5.41) is 4.07. The first kappa shape index (κ1) is 23.1. The lowest BCUT2D eigenvalue weighted by Crippen LogP contribution is -2.46. The van der Waals surface area contributed by atoms with Crippen molar-refractivity contribution in [2.75, 3.05) is 33.3 Å². The Bertz CT molecular complexity index is 1390. The van der Waals surface area contributed by atoms with E-state index in [1.807, 2.05) is 33.7 Å². The van der Waals surface area contributed by atoms with Gasteiger partial charge in [0.2, 0.25) is 0 Å². The largest absolute Gasteiger partial charge is 0.497 e. The highest BCUT2D eigenvalue weighted by atomic mass is 19.1. The van der Waals surface area contributed by atoms with E-state index in [9.17, 15) is 13.6 Å². The van der Waals surface area contributed by atoms with Crippen molar-refractivity contribution in [2.45, 2.75) is 13.3 Å². The predicted molar refractivity (Wildman–Crippen MR) is 133 cm³/mol. The zero-order chi connectivity index (χ0) is 24.5. The molecule has 0 aliphatic carbocycles. The van der Waals surface area contributed by atoms with Gasteiger partial charge in [-0.05, 0) is 60.5 Å². The van der Waals surface area contributed by atoms with E-state index < -0.39 is 0 Å². The molecule has 1 aliphatic heterocycles. The van der Waals surface area contributed by atoms with Gasteiger partial charge in [0.05, 0.1) is 18.2 Å². The van der Waals surface area contributed by atoms with Crippen molar-refractivity contribution in [1.29, 1.82) is 0 Å². The molecule has 1 N–H and O–H groups in total. The normalized spacial score (nSPS) is 13.9. The number of fused-ring (bicyclic) bond motifs is 1. The van der Waals surface area contributed by atoms with Crippen LogP contribution >= 0.6 is 0 Å². The Labute approximate surface area is 202 Å². The zero-order valence-electron chi connectivity index (χ0n) is 19.8. The van der Waals surface area contributed by atoms with Crippen LogP contribution in [0.1, 0.15) is 27.2 Å². The Kier molecular flexibility index (Phi) is 6.26. The summed E-state index contributed by atoms with van der Waals surface area (Å²) >= 11 is 0. The molecule has 0 unspecified atom stereocenters. The Balaban J connectivity index is 1.80. The van der Waals surface area contributed by atoms with Crippen molar-refractivity contribution in [1.82, 2.24) is 14.8 Å². The third-order valence-corrected chi connectivity index (χ3v) is 6.71. The molecule has 1 amide bonds. The average molecular weight is 476 g/mol. The van der Waals surface area contributed by atoms with Crippen LogP contribution in [0, 0.1) is 18.6 Å². The van der Waals surface area contributed by atoms with E-state index in [1.165, 1.54) is 18.2 Å². The number of halogens is 2. The molecule has 0 saturated carbocycles. The maximum atomic E-state index is 14.5. The van der Waals surface area contributed by atoms with Crippen molar-refractivity contribution in [2.24, 2.45) is 0 Å². The van der Waals surface area contributed by atoms with Gasteiger partial charge in [0.25, 0.3) is 5.91 Å². The van der Waals surface area contributed by atoms with E-state index in [-0.39, 0.29) is 17.5 Å². The summed E-state index contributed by atoms with van der Waals surface area (Å²) in [6.45, 7) is 4.42. The van der Waals surface area contributed by atoms with Crippen LogP contribution in [0.25, 0.3) is 16.6 Å². The smallest absolute Gasteiger partial charge is 0.256 e. The number of rotatable bonds is 5. The molecule has 2 heterocycles. The number of piperazine rings is 1. The minimum Gasteiger partial charge on any atom is -0.497 e. The second kappa shape index (κ2) is 9.50. The van der Waals surface area contributed by atoms with Crippen molar-refractivity contribution in [3.63, 3.8) is 0 Å². The summed E-state index contributed by atoms with van der Waals surface area (Å²) in [4.78, 5) is 15.8. The first-order chi connectivity index (χ1) is 17.0. The van der Waals surface area contributed by atoms with Crippen LogP contribution in [0.4, 0.5) is 8.78 Å². The molecule has 35 heavy (non-hydrogen) atoms. The summed E-state index contributed by atoms with van der Waals surface area (Å²) in [6, 6.07) is 16.8. The van der Waals surface area contributed by atoms with Gasteiger partial charge in [-0.3, -0.25) is 4.79 Å². The summed E-state index contributed by atoms with van der Waals surface area (Å²) in [7, 11) is 1.59. The van der Waals surface area contributed by atoms with Crippen molar-refractivity contribution >= 4 is 16.8 Å². The summed E-state index contributed by atoms with van der Waals surface area (Å²) < 4.78 is 35.7. The molecule has 1 fully saturated rings. The number of hydrogen-bond donors (Lipinski definition) is 1. The van der Waals surface area contributed by atoms with Crippen LogP contribution in [0.3, 0.4) is 0 Å². The Morgan fingerprint density at radius 1 is 1.03 bits per heavy atom. The molecule has 5 rings (SSSR count). The quantitative estimate of drug-likeness (QED) is 0.448. The van der Waals surface area contributed by atoms with Gasteiger partial charge in [0.1, 0.15) is 17.4 Å². The lowest BCUT2D eigenvalue weighted by atomic mass is 9.99. The molecule has 0 spiro atoms. The molecular formula is C28H27F2N3O2. The molecule has 0 bridgehead atoms. The number of methoxy groups -OCH3 is 1. The summed E-state index contributed by atoms with van der Waals surface area (Å²) in [5.74, 6) is -0.0503. The van der Waals surface area contributed by atoms with Gasteiger partial charge in [-0.2, -0.15) is 0 Å². The van der Waals surface area contributed by atoms with Gasteiger partial charge in [-0.15, -0.1) is 0 Å². The molecular weight excluding hydrogens is 448 g/mol. The fourth-order valence-corrected chi connectivity index (χ4v) is 4.79. The number of ether oxygens (including phenoxy) is 1. The highest BCUT2D eigenvalue weighted by Gasteiger charge is 2.28. The van der Waals surface area contributed by atoms with Gasteiger partial charge in [-0.25, -0.2) is 8.78 Å². The Hall–Kier alpha value is -3.71. The Morgan fingerprint density at radius 3 is 2.49 bits per heavy atom. The monoisotopic (exact) mass is 475 g/mol. The molecule has 0 atom stereocenters. The lowest BCUT2D eigenvalue weighted by molar-refractivity contribution is 0.0736. The number of hydrogen-bond acceptors (Lipinski definition) is 3. The van der Waals surface area contributed by atoms with Gasteiger partial charge >= 0.3 is 0 Å². The van der Waals surface area contributed by atoms with Crippen molar-refractivity contribution in [3.8, 4) is 11.4 Å². The number of carbonyl (C=O) groups excluding carboxylic acids is 1. The molecule has 180 valence electrons. The molecule has 1 aromatic heterocycles. The number of nitrogens with one attached hydrogen (secondary N) is 1. The van der Waals surface area contributed by atoms with Crippen molar-refractivity contribution in [3.05, 3.63) is 94.7 Å². The SMILES string of the molecule is COc1ccc2c(C(=O)N3CCNCC3)c(Cc3cccc(F)c3C)n(-c3ccc(F)cc3)c2c1. The van der Waals surface area contributed by atoms with Crippen LogP contribution in [0.15, 0.2) is 60.7 Å². The number of benzene rings is 3. The molecule has 1 saturated heterocycles. The molecule has 5 nitrogen and oxygen atoms in total. The third kappa shape index (κ3) is 4.28. The number of nitrogens with zero attached hydrogens (tertiary/aromatic N) is 2. The van der Waals surface area contributed by atoms with Gasteiger partial charge in [0, 0.05) is 55.4 Å². The first-order valence-corrected chi connectivity index (χ1v) is 11.7. The maximum absolute atomic E-state index is 14.5. The molecule has 7 heteroatoms. The number of carbonyl (C=O) groups is 1. The number of amides is 1. The van der Waals surface area contributed by atoms with E-state index >= 15 is 0 Å². The molecule has 0 radical (unpaired) electrons. The predicted octanol–water partition coefficient (Wildman–Crippen LogP) is 4.86. The van der Waals surface area contributed by atoms with Crippen LogP contribution < -0.4 is 10.1 Å². The minimum absolute atomic E-state index is 0.0633. The Morgan fingerprint density at radius 2 is 1.77 bits per heavy atom. The molecule has 3 aromatic carbocycles. The maximum Gasteiger partial charge on any atom is 0.256 e. The van der Waals surface area contributed by atoms with E-state index in [4.69, 9.17) is 4.74 Å². The van der Waals surface area contributed by atoms with Gasteiger partial charge in [-0.1, -0.05) is 12.1 Å². The minimum atomic E-state index is -0.345. The topological polar surface area (TPSA) is 46.5 Å². The van der Waals surface area contributed by atoms with E-state index in [1.54, 1.807) is 32.2 Å². The highest BCUT2D eigenvalue weighted by molar-refractivity contribution is 6.09. The second-order valence-corrected chi connectivity index (χ2v) is 8.76. The molecule has 4 aromatic rings. The van der Waals surface area contributed by atoms with Crippen LogP contribution in [-0.2, 0) is 6.42 Å². The fraction of sp³-hybridized carbons (Fsp3) is 0.250. The van der Waals surface area contributed by atoms with E-state index in [0.717, 1.165) is 35.2 Å². The van der Waals surface area contributed by atoms with E-state index in [0.29, 0.717) is 42.1 Å². The summed E-state index contributed by atoms with van der Waals surface area (Å²) in [5.41, 5.74) is 4.14. The third-order valence-electron chi connectivity index (χ3n) is 6.71. The van der Waals surface area contributed by atoms with Gasteiger partial charge < -0.3 is 19.5 Å². The average Bonchev–Trinajstić information content (AvgIpc) is 3.20. The van der Waals surface area contributed by atoms with Crippen molar-refractivity contribution < 1.29 is 18.3 Å². The first-order valence-electron chi connectivity index (χ1n) is 11.7. The van der Waals surface area contributed by atoms with Gasteiger partial charge in [0.15, 0.2) is 0 Å². The lowest BCUT2D eigenvalue weighted by Gasteiger charge is -2.28. The van der Waals surface area contributed by atoms with E-state index in [2.05, 4.69) is 5.32 Å². The zero-order valence-corrected chi connectivity index (χ0v) is 19.8. The standard InChI is InChI=1S/C28H27F2N3O2/c1-18-19(4-3-5-24(18)30)16-26-27(28(34)32-14-12-31-13-15-32)23-11-10-22(35-2)17-25(23)33(26)21-8-6-20(29)7-9-21/h3-11,17,31H,12-16H2,1-2H3. The number of aromatic nitrogens is 1.